The number of thiophene rings is 2. The summed E-state index contributed by atoms with van der Waals surface area (Å²) < 4.78 is 12.9. The largest absolute Gasteiger partial charge is 0.441 e. The van der Waals surface area contributed by atoms with E-state index in [4.69, 9.17) is 15.7 Å². The molecule has 1 aliphatic carbocycles. The zero-order valence-corrected chi connectivity index (χ0v) is 20.6. The minimum Gasteiger partial charge on any atom is -0.441 e. The van der Waals surface area contributed by atoms with E-state index in [1.54, 1.807) is 25.2 Å². The molecule has 1 aromatic carbocycles. The Morgan fingerprint density at radius 2 is 1.91 bits per heavy atom. The Kier molecular flexibility index (Phi) is 5.94. The molecular weight excluding hydrogens is 480 g/mol. The molecule has 1 fully saturated rings. The minimum atomic E-state index is -0.615. The maximum absolute atomic E-state index is 12.5. The molecule has 1 amide bonds. The Morgan fingerprint density at radius 3 is 2.60 bits per heavy atom. The Balaban J connectivity index is 1.31. The average molecular weight is 501 g/mol. The molecule has 0 bridgehead atoms. The molecule has 3 heterocycles. The molecule has 1 aliphatic rings. The number of Topliss-reactive ketones (excluding diaryl/α,β-unsaturated/α-hetero) is 1. The van der Waals surface area contributed by atoms with E-state index in [9.17, 15) is 9.59 Å². The standard InChI is InChI=1S/C27H20N2O4S2/c1-4-23(30)27(12-13-27)24-15-22-21(35-24)14-19(34-22)10-11-20-25(16(2)29-33-20)28-26(31)32-17(3)18-8-6-5-7-9-18/h1,5-9,14-15,17H,12-13H2,2-3H3,(H,28,31). The first-order valence-corrected chi connectivity index (χ1v) is 12.6. The Bertz CT molecular complexity index is 1510. The molecule has 0 spiro atoms. The molecule has 174 valence electrons. The fourth-order valence-corrected chi connectivity index (χ4v) is 6.28. The predicted molar refractivity (Wildman–Crippen MR) is 137 cm³/mol. The lowest BCUT2D eigenvalue weighted by Gasteiger charge is -2.13. The van der Waals surface area contributed by atoms with Gasteiger partial charge in [-0.3, -0.25) is 10.1 Å². The monoisotopic (exact) mass is 500 g/mol. The average Bonchev–Trinajstić information content (AvgIpc) is 3.28. The first-order valence-electron chi connectivity index (χ1n) is 11.0. The van der Waals surface area contributed by atoms with E-state index in [-0.39, 0.29) is 11.5 Å². The molecule has 5 rings (SSSR count). The molecule has 4 aromatic rings. The van der Waals surface area contributed by atoms with Crippen molar-refractivity contribution >= 4 is 49.6 Å². The molecule has 6 nitrogen and oxygen atoms in total. The highest BCUT2D eigenvalue weighted by molar-refractivity contribution is 7.28. The highest BCUT2D eigenvalue weighted by atomic mass is 32.1. The van der Waals surface area contributed by atoms with E-state index in [1.165, 1.54) is 11.3 Å². The fourth-order valence-electron chi connectivity index (χ4n) is 3.79. The van der Waals surface area contributed by atoms with E-state index in [0.717, 1.165) is 37.6 Å². The van der Waals surface area contributed by atoms with Crippen LogP contribution in [0, 0.1) is 31.1 Å². The number of rotatable bonds is 5. The quantitative estimate of drug-likeness (QED) is 0.261. The van der Waals surface area contributed by atoms with E-state index in [1.807, 2.05) is 42.5 Å². The van der Waals surface area contributed by atoms with Gasteiger partial charge in [0.15, 0.2) is 0 Å². The van der Waals surface area contributed by atoms with Crippen molar-refractivity contribution in [2.75, 3.05) is 5.32 Å². The van der Waals surface area contributed by atoms with Crippen LogP contribution >= 0.6 is 22.7 Å². The Hall–Kier alpha value is -3.85. The lowest BCUT2D eigenvalue weighted by Crippen LogP contribution is -2.16. The molecule has 1 atom stereocenters. The van der Waals surface area contributed by atoms with Crippen LogP contribution in [-0.2, 0) is 14.9 Å². The normalized spacial score (nSPS) is 14.4. The number of hydrogen-bond donors (Lipinski definition) is 1. The topological polar surface area (TPSA) is 81.4 Å². The third-order valence-corrected chi connectivity index (χ3v) is 8.35. The number of ketones is 1. The van der Waals surface area contributed by atoms with Crippen molar-refractivity contribution in [2.45, 2.75) is 38.2 Å². The van der Waals surface area contributed by atoms with Crippen LogP contribution in [0.25, 0.3) is 9.40 Å². The van der Waals surface area contributed by atoms with Crippen LogP contribution in [-0.4, -0.2) is 17.0 Å². The maximum Gasteiger partial charge on any atom is 0.412 e. The number of benzene rings is 1. The summed E-state index contributed by atoms with van der Waals surface area (Å²) >= 11 is 3.12. The fraction of sp³-hybridized carbons (Fsp3) is 0.222. The lowest BCUT2D eigenvalue weighted by molar-refractivity contribution is -0.116. The van der Waals surface area contributed by atoms with Gasteiger partial charge in [0.2, 0.25) is 11.5 Å². The van der Waals surface area contributed by atoms with Gasteiger partial charge in [-0.05, 0) is 62.1 Å². The molecule has 0 radical (unpaired) electrons. The van der Waals surface area contributed by atoms with Crippen LogP contribution in [0.4, 0.5) is 10.5 Å². The third-order valence-electron chi connectivity index (χ3n) is 5.94. The second kappa shape index (κ2) is 9.07. The molecule has 0 aliphatic heterocycles. The number of aromatic nitrogens is 1. The highest BCUT2D eigenvalue weighted by Gasteiger charge is 2.51. The van der Waals surface area contributed by atoms with Crippen LogP contribution in [0.1, 0.15) is 52.6 Å². The van der Waals surface area contributed by atoms with Gasteiger partial charge < -0.3 is 9.26 Å². The SMILES string of the molecule is C#CC(=O)C1(c2cc3sc(C#Cc4onc(C)c4NC(=O)OC(C)c4ccccc4)cc3s2)CC1. The van der Waals surface area contributed by atoms with Crippen molar-refractivity contribution in [3.8, 4) is 24.2 Å². The van der Waals surface area contributed by atoms with Crippen molar-refractivity contribution in [1.82, 2.24) is 5.16 Å². The molecule has 8 heteroatoms. The van der Waals surface area contributed by atoms with Gasteiger partial charge in [0, 0.05) is 14.3 Å². The van der Waals surface area contributed by atoms with Crippen molar-refractivity contribution in [3.05, 3.63) is 69.2 Å². The Morgan fingerprint density at radius 1 is 1.17 bits per heavy atom. The zero-order valence-electron chi connectivity index (χ0n) is 19.0. The number of carbonyl (C=O) groups excluding carboxylic acids is 2. The van der Waals surface area contributed by atoms with Crippen LogP contribution < -0.4 is 5.32 Å². The van der Waals surface area contributed by atoms with Gasteiger partial charge >= 0.3 is 6.09 Å². The van der Waals surface area contributed by atoms with Gasteiger partial charge in [0.05, 0.1) is 10.3 Å². The summed E-state index contributed by atoms with van der Waals surface area (Å²) in [6.07, 6.45) is 5.95. The number of terminal acetylenes is 1. The van der Waals surface area contributed by atoms with Gasteiger partial charge in [0.25, 0.3) is 0 Å². The summed E-state index contributed by atoms with van der Waals surface area (Å²) in [6, 6.07) is 13.5. The minimum absolute atomic E-state index is 0.135. The first-order chi connectivity index (χ1) is 16.9. The van der Waals surface area contributed by atoms with Crippen molar-refractivity contribution in [2.24, 2.45) is 0 Å². The molecule has 0 saturated heterocycles. The van der Waals surface area contributed by atoms with E-state index in [0.29, 0.717) is 11.4 Å². The van der Waals surface area contributed by atoms with E-state index in [2.05, 4.69) is 28.2 Å². The molecule has 1 unspecified atom stereocenters. The Labute approximate surface area is 210 Å². The van der Waals surface area contributed by atoms with Crippen LogP contribution in [0.5, 0.6) is 0 Å². The molecule has 1 saturated carbocycles. The number of fused-ring (bicyclic) bond motifs is 1. The number of amides is 1. The van der Waals surface area contributed by atoms with Gasteiger partial charge in [-0.1, -0.05) is 35.5 Å². The lowest BCUT2D eigenvalue weighted by atomic mass is 10.00. The maximum atomic E-state index is 12.5. The van der Waals surface area contributed by atoms with Gasteiger partial charge in [0.1, 0.15) is 17.5 Å². The van der Waals surface area contributed by atoms with Gasteiger partial charge in [-0.15, -0.1) is 29.1 Å². The summed E-state index contributed by atoms with van der Waals surface area (Å²) in [5.41, 5.74) is 1.30. The zero-order chi connectivity index (χ0) is 24.6. The van der Waals surface area contributed by atoms with E-state index >= 15 is 0 Å². The summed E-state index contributed by atoms with van der Waals surface area (Å²) in [4.78, 5) is 26.5. The second-order valence-electron chi connectivity index (χ2n) is 8.31. The predicted octanol–water partition coefficient (Wildman–Crippen LogP) is 6.20. The number of ether oxygens (including phenoxy) is 1. The van der Waals surface area contributed by atoms with E-state index < -0.39 is 17.6 Å². The smallest absolute Gasteiger partial charge is 0.412 e. The highest BCUT2D eigenvalue weighted by Crippen LogP contribution is 2.53. The number of nitrogens with one attached hydrogen (secondary N) is 1. The molecule has 1 N–H and O–H groups in total. The van der Waals surface area contributed by atoms with Gasteiger partial charge in [-0.2, -0.15) is 0 Å². The second-order valence-corrected chi connectivity index (χ2v) is 10.5. The summed E-state index contributed by atoms with van der Waals surface area (Å²) in [5.74, 6) is 8.45. The summed E-state index contributed by atoms with van der Waals surface area (Å²) in [6.45, 7) is 3.52. The number of hydrogen-bond acceptors (Lipinski definition) is 7. The van der Waals surface area contributed by atoms with Crippen LogP contribution in [0.2, 0.25) is 0 Å². The first kappa shape index (κ1) is 22.9. The number of nitrogens with zero attached hydrogens (tertiary/aromatic N) is 1. The molecular formula is C27H20N2O4S2. The number of anilines is 1. The summed E-state index contributed by atoms with van der Waals surface area (Å²) in [5, 5.41) is 6.63. The number of carbonyl (C=O) groups is 2. The van der Waals surface area contributed by atoms with Crippen molar-refractivity contribution < 1.29 is 18.8 Å². The molecule has 3 aromatic heterocycles. The van der Waals surface area contributed by atoms with Crippen molar-refractivity contribution in [3.63, 3.8) is 0 Å². The molecule has 35 heavy (non-hydrogen) atoms. The van der Waals surface area contributed by atoms with Crippen LogP contribution in [0.15, 0.2) is 47.0 Å². The van der Waals surface area contributed by atoms with Crippen LogP contribution in [0.3, 0.4) is 0 Å². The van der Waals surface area contributed by atoms with Crippen molar-refractivity contribution in [1.29, 1.82) is 0 Å². The van der Waals surface area contributed by atoms with Gasteiger partial charge in [-0.25, -0.2) is 4.79 Å². The third kappa shape index (κ3) is 4.46. The summed E-state index contributed by atoms with van der Waals surface area (Å²) in [7, 11) is 0. The number of aryl methyl sites for hydroxylation is 1.